The molecule has 1 radical (unpaired) electrons. The van der Waals surface area contributed by atoms with E-state index in [1.807, 2.05) is 0 Å². The zero-order chi connectivity index (χ0) is 13.0. The van der Waals surface area contributed by atoms with Crippen molar-refractivity contribution in [2.24, 2.45) is 0 Å². The molecule has 0 N–H and O–H groups in total. The zero-order valence-electron chi connectivity index (χ0n) is 10.9. The third-order valence-electron chi connectivity index (χ3n) is 3.56. The minimum Gasteiger partial charge on any atom is -0.457 e. The summed E-state index contributed by atoms with van der Waals surface area (Å²) < 4.78 is 8.68. The van der Waals surface area contributed by atoms with Gasteiger partial charge in [-0.1, -0.05) is 23.8 Å². The molecule has 19 heavy (non-hydrogen) atoms. The highest BCUT2D eigenvalue weighted by Crippen LogP contribution is 2.35. The number of ether oxygens (including phenoxy) is 1. The van der Waals surface area contributed by atoms with Crippen LogP contribution in [0, 0.1) is 13.8 Å². The fraction of sp³-hybridized carbons (Fsp3) is 0.125. The van der Waals surface area contributed by atoms with E-state index in [1.165, 1.54) is 31.5 Å². The molecule has 0 unspecified atom stereocenters. The maximum atomic E-state index is 6.17. The van der Waals surface area contributed by atoms with E-state index in [4.69, 9.17) is 4.74 Å². The zero-order valence-corrected chi connectivity index (χ0v) is 11.7. The highest BCUT2D eigenvalue weighted by molar-refractivity contribution is 7.29. The monoisotopic (exact) mass is 263 g/mol. The van der Waals surface area contributed by atoms with Gasteiger partial charge in [-0.2, -0.15) is 0 Å². The lowest BCUT2D eigenvalue weighted by atomic mass is 9.65. The first-order valence-corrected chi connectivity index (χ1v) is 7.19. The summed E-state index contributed by atoms with van der Waals surface area (Å²) in [6.07, 6.45) is 0. The van der Waals surface area contributed by atoms with Crippen molar-refractivity contribution in [2.75, 3.05) is 0 Å². The van der Waals surface area contributed by atoms with Crippen LogP contribution in [0.1, 0.15) is 11.1 Å². The molecule has 1 aromatic heterocycles. The van der Waals surface area contributed by atoms with Crippen molar-refractivity contribution in [3.8, 4) is 11.5 Å². The van der Waals surface area contributed by atoms with Crippen molar-refractivity contribution in [1.82, 2.24) is 0 Å². The van der Waals surface area contributed by atoms with Gasteiger partial charge in [-0.25, -0.2) is 0 Å². The highest BCUT2D eigenvalue weighted by Gasteiger charge is 2.24. The Morgan fingerprint density at radius 2 is 1.95 bits per heavy atom. The Morgan fingerprint density at radius 1 is 1.11 bits per heavy atom. The topological polar surface area (TPSA) is 9.23 Å². The van der Waals surface area contributed by atoms with Crippen molar-refractivity contribution in [3.05, 3.63) is 47.5 Å². The van der Waals surface area contributed by atoms with Gasteiger partial charge < -0.3 is 4.74 Å². The molecule has 0 saturated heterocycles. The summed E-state index contributed by atoms with van der Waals surface area (Å²) in [5.74, 6) is 1.99. The maximum Gasteiger partial charge on any atom is 0.215 e. The Kier molecular flexibility index (Phi) is 2.27. The molecule has 2 heterocycles. The number of hydrogen-bond acceptors (Lipinski definition) is 2. The Bertz CT molecular complexity index is 804. The van der Waals surface area contributed by atoms with Gasteiger partial charge in [0.05, 0.1) is 0 Å². The number of fused-ring (bicyclic) bond motifs is 4. The average Bonchev–Trinajstić information content (AvgIpc) is 2.74. The van der Waals surface area contributed by atoms with Crippen molar-refractivity contribution >= 4 is 38.9 Å². The van der Waals surface area contributed by atoms with E-state index in [0.29, 0.717) is 0 Å². The lowest BCUT2D eigenvalue weighted by molar-refractivity contribution is 0.494. The van der Waals surface area contributed by atoms with Gasteiger partial charge in [-0.3, -0.25) is 0 Å². The summed E-state index contributed by atoms with van der Waals surface area (Å²) >= 11 is 1.80. The number of hydrogen-bond donors (Lipinski definition) is 0. The molecule has 0 atom stereocenters. The van der Waals surface area contributed by atoms with Gasteiger partial charge in [0.15, 0.2) is 0 Å². The summed E-state index contributed by atoms with van der Waals surface area (Å²) in [6.45, 7) is 4.25. The van der Waals surface area contributed by atoms with Gasteiger partial charge in [0.1, 0.15) is 11.5 Å². The normalized spacial score (nSPS) is 12.5. The molecule has 4 rings (SSSR count). The van der Waals surface area contributed by atoms with E-state index in [-0.39, 0.29) is 0 Å². The molecule has 0 amide bonds. The van der Waals surface area contributed by atoms with Crippen molar-refractivity contribution in [1.29, 1.82) is 0 Å². The van der Waals surface area contributed by atoms with E-state index in [0.717, 1.165) is 11.5 Å². The maximum absolute atomic E-state index is 6.17. The molecular formula is C16H12BOS. The average molecular weight is 263 g/mol. The summed E-state index contributed by atoms with van der Waals surface area (Å²) in [6, 6.07) is 12.7. The van der Waals surface area contributed by atoms with E-state index >= 15 is 0 Å². The molecule has 0 spiro atoms. The largest absolute Gasteiger partial charge is 0.457 e. The molecule has 0 saturated carbocycles. The summed E-state index contributed by atoms with van der Waals surface area (Å²) in [4.78, 5) is 0. The van der Waals surface area contributed by atoms with Gasteiger partial charge in [0, 0.05) is 14.9 Å². The second kappa shape index (κ2) is 3.88. The molecule has 2 aromatic carbocycles. The molecule has 1 aliphatic heterocycles. The van der Waals surface area contributed by atoms with Crippen LogP contribution in [0.4, 0.5) is 0 Å². The number of rotatable bonds is 0. The summed E-state index contributed by atoms with van der Waals surface area (Å²) in [7, 11) is 2.26. The molecule has 0 aliphatic carbocycles. The molecule has 0 bridgehead atoms. The van der Waals surface area contributed by atoms with Crippen LogP contribution in [0.3, 0.4) is 0 Å². The van der Waals surface area contributed by atoms with Crippen LogP contribution in [0.15, 0.2) is 36.4 Å². The van der Waals surface area contributed by atoms with Crippen LogP contribution in [-0.2, 0) is 0 Å². The van der Waals surface area contributed by atoms with Crippen molar-refractivity contribution < 1.29 is 4.74 Å². The van der Waals surface area contributed by atoms with Crippen LogP contribution in [0.5, 0.6) is 11.5 Å². The van der Waals surface area contributed by atoms with Gasteiger partial charge in [0.25, 0.3) is 0 Å². The van der Waals surface area contributed by atoms with Crippen molar-refractivity contribution in [3.63, 3.8) is 0 Å². The quantitative estimate of drug-likeness (QED) is 0.442. The number of benzene rings is 2. The Hall–Kier alpha value is -1.74. The molecule has 91 valence electrons. The van der Waals surface area contributed by atoms with Crippen LogP contribution in [0.2, 0.25) is 0 Å². The molecule has 3 aromatic rings. The summed E-state index contributed by atoms with van der Waals surface area (Å²) in [5.41, 5.74) is 3.73. The molecule has 1 aliphatic rings. The van der Waals surface area contributed by atoms with Gasteiger partial charge >= 0.3 is 0 Å². The summed E-state index contributed by atoms with van der Waals surface area (Å²) in [5, 5.41) is 1.21. The second-order valence-electron chi connectivity index (χ2n) is 5.03. The van der Waals surface area contributed by atoms with E-state index in [9.17, 15) is 0 Å². The molecular weight excluding hydrogens is 251 g/mol. The van der Waals surface area contributed by atoms with E-state index in [1.54, 1.807) is 11.3 Å². The predicted octanol–water partition coefficient (Wildman–Crippen LogP) is 3.28. The third-order valence-corrected chi connectivity index (χ3v) is 4.66. The first-order chi connectivity index (χ1) is 9.22. The highest BCUT2D eigenvalue weighted by atomic mass is 32.1. The predicted molar refractivity (Wildman–Crippen MR) is 82.8 cm³/mol. The number of aryl methyl sites for hydroxylation is 2. The minimum atomic E-state index is 0.980. The lowest BCUT2D eigenvalue weighted by Gasteiger charge is -2.19. The van der Waals surface area contributed by atoms with Gasteiger partial charge in [-0.15, -0.1) is 11.3 Å². The van der Waals surface area contributed by atoms with Crippen LogP contribution in [0.25, 0.3) is 10.1 Å². The lowest BCUT2D eigenvalue weighted by Crippen LogP contribution is -2.33. The minimum absolute atomic E-state index is 0.980. The van der Waals surface area contributed by atoms with E-state index < -0.39 is 0 Å². The second-order valence-corrected chi connectivity index (χ2v) is 6.12. The fourth-order valence-electron chi connectivity index (χ4n) is 2.69. The van der Waals surface area contributed by atoms with Gasteiger partial charge in [-0.05, 0) is 43.1 Å². The smallest absolute Gasteiger partial charge is 0.215 e. The van der Waals surface area contributed by atoms with E-state index in [2.05, 4.69) is 57.5 Å². The Labute approximate surface area is 117 Å². The fourth-order valence-corrected chi connectivity index (χ4v) is 3.77. The molecule has 1 nitrogen and oxygen atoms in total. The first kappa shape index (κ1) is 11.1. The number of thiophene rings is 1. The van der Waals surface area contributed by atoms with Crippen molar-refractivity contribution in [2.45, 2.75) is 13.8 Å². The van der Waals surface area contributed by atoms with Gasteiger partial charge in [0.2, 0.25) is 7.28 Å². The SMILES string of the molecule is Cc1cc(C)c2c(c1)Oc1c(sc3ccccc13)[B]2. The standard InChI is InChI=1S/C16H12BOS/c1-9-7-10(2)14-12(8-9)18-15-11-5-3-4-6-13(11)19-16(15)17-14/h3-8H,1-2H3. The third kappa shape index (κ3) is 1.62. The van der Waals surface area contributed by atoms with Crippen LogP contribution >= 0.6 is 11.3 Å². The Balaban J connectivity index is 1.96. The van der Waals surface area contributed by atoms with Crippen LogP contribution in [-0.4, -0.2) is 7.28 Å². The molecule has 3 heteroatoms. The Morgan fingerprint density at radius 3 is 2.84 bits per heavy atom. The van der Waals surface area contributed by atoms with Crippen LogP contribution < -0.4 is 15.0 Å². The first-order valence-electron chi connectivity index (χ1n) is 6.38. The molecule has 0 fully saturated rings.